The lowest BCUT2D eigenvalue weighted by atomic mass is 9.92. The second-order valence-corrected chi connectivity index (χ2v) is 14.0. The molecule has 2 amide bonds. The Morgan fingerprint density at radius 2 is 1.76 bits per heavy atom. The van der Waals surface area contributed by atoms with E-state index in [1.54, 1.807) is 0 Å². The Kier molecular flexibility index (Phi) is 12.5. The van der Waals surface area contributed by atoms with Crippen LogP contribution in [0.1, 0.15) is 55.4 Å². The molecule has 0 saturated heterocycles. The van der Waals surface area contributed by atoms with Gasteiger partial charge in [-0.25, -0.2) is 17.5 Å². The first-order valence-corrected chi connectivity index (χ1v) is 17.3. The zero-order valence-electron chi connectivity index (χ0n) is 25.8. The Labute approximate surface area is 270 Å². The van der Waals surface area contributed by atoms with Crippen molar-refractivity contribution in [1.82, 2.24) is 20.3 Å². The molecule has 4 rings (SSSR count). The number of amides is 2. The van der Waals surface area contributed by atoms with Crippen LogP contribution in [-0.4, -0.2) is 50.8 Å². The predicted molar refractivity (Wildman–Crippen MR) is 175 cm³/mol. The third-order valence-electron chi connectivity index (χ3n) is 7.78. The van der Waals surface area contributed by atoms with E-state index >= 15 is 0 Å². The van der Waals surface area contributed by atoms with Gasteiger partial charge in [0.1, 0.15) is 16.8 Å². The molecule has 0 aromatic heterocycles. The van der Waals surface area contributed by atoms with Gasteiger partial charge in [0.15, 0.2) is 0 Å². The molecular formula is C34H42ClFN4O4S. The average Bonchev–Trinajstić information content (AvgIpc) is 2.98. The first kappa shape index (κ1) is 34.6. The molecule has 1 heterocycles. The Hall–Kier alpha value is -3.31. The number of carbonyl (C=O) groups is 2. The zero-order chi connectivity index (χ0) is 32.4. The number of nitrogens with one attached hydrogen (secondary N) is 3. The van der Waals surface area contributed by atoms with Crippen LogP contribution in [0.15, 0.2) is 71.6 Å². The summed E-state index contributed by atoms with van der Waals surface area (Å²) in [6, 6.07) is 19.0. The maximum absolute atomic E-state index is 13.3. The molecule has 0 fully saturated rings. The molecule has 0 spiro atoms. The van der Waals surface area contributed by atoms with Crippen molar-refractivity contribution in [3.8, 4) is 0 Å². The number of nitrogens with zero attached hydrogens (tertiary/aromatic N) is 1. The summed E-state index contributed by atoms with van der Waals surface area (Å²) in [5.41, 5.74) is 4.74. The fourth-order valence-corrected chi connectivity index (χ4v) is 7.18. The summed E-state index contributed by atoms with van der Waals surface area (Å²) in [7, 11) is -3.89. The molecule has 3 aromatic carbocycles. The van der Waals surface area contributed by atoms with Crippen LogP contribution in [0.2, 0.25) is 5.02 Å². The standard InChI is InChI=1S/C34H42ClFN4O4S/c1-24(2)19-31(34(42)37-16-6-7-17-38-45(43,44)32-14-13-28(36)21-30(32)35)39-33(41)20-26-11-8-12-27-23-40(18-15-29(26)27)22-25-9-4-3-5-10-25/h3-5,8-14,21,24,31,38H,6-7,15-20,22-23H2,1-2H3,(H,37,42)(H,39,41)/t31-/m0/s1. The van der Waals surface area contributed by atoms with Gasteiger partial charge in [-0.15, -0.1) is 0 Å². The summed E-state index contributed by atoms with van der Waals surface area (Å²) in [6.07, 6.45) is 2.56. The Morgan fingerprint density at radius 3 is 2.49 bits per heavy atom. The van der Waals surface area contributed by atoms with Gasteiger partial charge >= 0.3 is 0 Å². The highest BCUT2D eigenvalue weighted by molar-refractivity contribution is 7.89. The van der Waals surface area contributed by atoms with Gasteiger partial charge in [0.25, 0.3) is 0 Å². The highest BCUT2D eigenvalue weighted by atomic mass is 35.5. The Morgan fingerprint density at radius 1 is 1.00 bits per heavy atom. The van der Waals surface area contributed by atoms with E-state index in [0.29, 0.717) is 25.8 Å². The highest BCUT2D eigenvalue weighted by Gasteiger charge is 2.24. The van der Waals surface area contributed by atoms with E-state index in [0.717, 1.165) is 49.8 Å². The van der Waals surface area contributed by atoms with Crippen molar-refractivity contribution in [3.63, 3.8) is 0 Å². The smallest absolute Gasteiger partial charge is 0.242 e. The maximum atomic E-state index is 13.3. The van der Waals surface area contributed by atoms with Crippen LogP contribution in [0.25, 0.3) is 0 Å². The molecule has 0 bridgehead atoms. The van der Waals surface area contributed by atoms with Crippen LogP contribution in [0.4, 0.5) is 4.39 Å². The minimum absolute atomic E-state index is 0.128. The maximum Gasteiger partial charge on any atom is 0.242 e. The molecule has 1 aliphatic rings. The number of hydrogen-bond donors (Lipinski definition) is 3. The van der Waals surface area contributed by atoms with Gasteiger partial charge in [0.05, 0.1) is 11.4 Å². The summed E-state index contributed by atoms with van der Waals surface area (Å²) in [4.78, 5) is 28.4. The number of benzene rings is 3. The highest BCUT2D eigenvalue weighted by Crippen LogP contribution is 2.25. The summed E-state index contributed by atoms with van der Waals surface area (Å²) >= 11 is 5.88. The number of unbranched alkanes of at least 4 members (excludes halogenated alkanes) is 1. The van der Waals surface area contributed by atoms with Crippen molar-refractivity contribution in [3.05, 3.63) is 99.8 Å². The molecule has 0 aliphatic carbocycles. The molecule has 8 nitrogen and oxygen atoms in total. The van der Waals surface area contributed by atoms with Crippen LogP contribution in [0.5, 0.6) is 0 Å². The lowest BCUT2D eigenvalue weighted by Crippen LogP contribution is -2.48. The van der Waals surface area contributed by atoms with Crippen molar-refractivity contribution in [2.75, 3.05) is 19.6 Å². The van der Waals surface area contributed by atoms with Crippen LogP contribution in [-0.2, 0) is 45.5 Å². The molecule has 1 atom stereocenters. The Bertz CT molecular complexity index is 1570. The third-order valence-corrected chi connectivity index (χ3v) is 9.72. The lowest BCUT2D eigenvalue weighted by Gasteiger charge is -2.30. The van der Waals surface area contributed by atoms with Crippen molar-refractivity contribution in [1.29, 1.82) is 0 Å². The van der Waals surface area contributed by atoms with Gasteiger partial charge in [-0.05, 0) is 72.1 Å². The number of halogens is 2. The first-order chi connectivity index (χ1) is 21.5. The largest absolute Gasteiger partial charge is 0.354 e. The molecule has 242 valence electrons. The molecule has 0 radical (unpaired) electrons. The van der Waals surface area contributed by atoms with Crippen molar-refractivity contribution in [2.45, 2.75) is 70.0 Å². The molecule has 11 heteroatoms. The zero-order valence-corrected chi connectivity index (χ0v) is 27.4. The minimum Gasteiger partial charge on any atom is -0.354 e. The molecule has 3 aromatic rings. The second kappa shape index (κ2) is 16.3. The second-order valence-electron chi connectivity index (χ2n) is 11.9. The molecule has 0 saturated carbocycles. The van der Waals surface area contributed by atoms with E-state index in [-0.39, 0.29) is 40.6 Å². The summed E-state index contributed by atoms with van der Waals surface area (Å²) < 4.78 is 40.6. The number of fused-ring (bicyclic) bond motifs is 1. The van der Waals surface area contributed by atoms with Crippen LogP contribution < -0.4 is 15.4 Å². The van der Waals surface area contributed by atoms with Gasteiger partial charge in [-0.1, -0.05) is 74.0 Å². The fourth-order valence-electron chi connectivity index (χ4n) is 5.57. The SMILES string of the molecule is CC(C)C[C@H](NC(=O)Cc1cccc2c1CCN(Cc1ccccc1)C2)C(=O)NCCCCNS(=O)(=O)c1ccc(F)cc1Cl. The molecule has 45 heavy (non-hydrogen) atoms. The number of hydrogen-bond acceptors (Lipinski definition) is 5. The first-order valence-electron chi connectivity index (χ1n) is 15.4. The van der Waals surface area contributed by atoms with Crippen molar-refractivity contribution in [2.24, 2.45) is 5.92 Å². The third kappa shape index (κ3) is 10.4. The van der Waals surface area contributed by atoms with Gasteiger partial charge in [-0.3, -0.25) is 14.5 Å². The van der Waals surface area contributed by atoms with Crippen molar-refractivity contribution < 1.29 is 22.4 Å². The van der Waals surface area contributed by atoms with Gasteiger partial charge in [0, 0.05) is 32.7 Å². The Balaban J connectivity index is 1.24. The minimum atomic E-state index is -3.89. The monoisotopic (exact) mass is 656 g/mol. The lowest BCUT2D eigenvalue weighted by molar-refractivity contribution is -0.129. The van der Waals surface area contributed by atoms with E-state index in [1.807, 2.05) is 32.0 Å². The number of sulfonamides is 1. The normalized spacial score (nSPS) is 14.2. The van der Waals surface area contributed by atoms with Gasteiger partial charge in [0.2, 0.25) is 21.8 Å². The molecule has 1 aliphatic heterocycles. The predicted octanol–water partition coefficient (Wildman–Crippen LogP) is 4.99. The summed E-state index contributed by atoms with van der Waals surface area (Å²) in [5, 5.41) is 5.64. The summed E-state index contributed by atoms with van der Waals surface area (Å²) in [6.45, 7) is 7.09. The van der Waals surface area contributed by atoms with Crippen LogP contribution in [0.3, 0.4) is 0 Å². The fraction of sp³-hybridized carbons (Fsp3) is 0.412. The van der Waals surface area contributed by atoms with E-state index in [1.165, 1.54) is 16.7 Å². The van der Waals surface area contributed by atoms with E-state index in [2.05, 4.69) is 50.6 Å². The molecule has 3 N–H and O–H groups in total. The van der Waals surface area contributed by atoms with Gasteiger partial charge in [-0.2, -0.15) is 0 Å². The number of rotatable bonds is 15. The average molecular weight is 657 g/mol. The van der Waals surface area contributed by atoms with Crippen LogP contribution in [0, 0.1) is 11.7 Å². The van der Waals surface area contributed by atoms with Gasteiger partial charge < -0.3 is 10.6 Å². The quantitative estimate of drug-likeness (QED) is 0.200. The molecule has 0 unspecified atom stereocenters. The topological polar surface area (TPSA) is 108 Å². The van der Waals surface area contributed by atoms with E-state index in [4.69, 9.17) is 11.6 Å². The van der Waals surface area contributed by atoms with E-state index < -0.39 is 21.9 Å². The van der Waals surface area contributed by atoms with Crippen LogP contribution >= 0.6 is 11.6 Å². The molecular weight excluding hydrogens is 615 g/mol. The van der Waals surface area contributed by atoms with Crippen molar-refractivity contribution >= 4 is 33.4 Å². The number of carbonyl (C=O) groups excluding carboxylic acids is 2. The summed E-state index contributed by atoms with van der Waals surface area (Å²) in [5.74, 6) is -0.882. The van der Waals surface area contributed by atoms with E-state index in [9.17, 15) is 22.4 Å².